The Hall–Kier alpha value is 0. The zero-order valence-electron chi connectivity index (χ0n) is 8.99. The van der Waals surface area contributed by atoms with Crippen LogP contribution >= 0.6 is 0 Å². The van der Waals surface area contributed by atoms with Gasteiger partial charge in [0.2, 0.25) is 0 Å². The molecule has 1 radical (unpaired) electrons. The van der Waals surface area contributed by atoms with Crippen molar-refractivity contribution in [2.45, 2.75) is 54.4 Å². The third kappa shape index (κ3) is 5.29. The van der Waals surface area contributed by atoms with E-state index in [-0.39, 0.29) is 0 Å². The molecule has 0 aromatic carbocycles. The lowest BCUT2D eigenvalue weighted by Gasteiger charge is -2.27. The smallest absolute Gasteiger partial charge is 0.0272 e. The standard InChI is InChI=1S/C11H23/c1-7-10(9(2)3)8-11(4,5)6/h10H,7-8H2,1-6H3. The predicted molar refractivity (Wildman–Crippen MR) is 52.4 cm³/mol. The second kappa shape index (κ2) is 4.13. The first-order valence-electron chi connectivity index (χ1n) is 4.67. The molecule has 0 amide bonds. The number of rotatable bonds is 3. The summed E-state index contributed by atoms with van der Waals surface area (Å²) in [5.41, 5.74) is 0.484. The molecule has 0 bridgehead atoms. The maximum atomic E-state index is 2.32. The molecule has 0 nitrogen and oxygen atoms in total. The topological polar surface area (TPSA) is 0 Å². The van der Waals surface area contributed by atoms with E-state index in [1.807, 2.05) is 0 Å². The van der Waals surface area contributed by atoms with Crippen LogP contribution in [-0.2, 0) is 0 Å². The molecular formula is C11H23. The highest BCUT2D eigenvalue weighted by molar-refractivity contribution is 4.88. The van der Waals surface area contributed by atoms with Gasteiger partial charge in [0.05, 0.1) is 0 Å². The van der Waals surface area contributed by atoms with Crippen molar-refractivity contribution in [3.8, 4) is 0 Å². The molecule has 11 heavy (non-hydrogen) atoms. The molecule has 0 heterocycles. The molecule has 0 N–H and O–H groups in total. The molecule has 0 aliphatic rings. The van der Waals surface area contributed by atoms with E-state index in [0.29, 0.717) is 5.41 Å². The fourth-order valence-electron chi connectivity index (χ4n) is 1.50. The van der Waals surface area contributed by atoms with Gasteiger partial charge < -0.3 is 0 Å². The summed E-state index contributed by atoms with van der Waals surface area (Å²) in [6.45, 7) is 13.7. The molecule has 0 spiro atoms. The van der Waals surface area contributed by atoms with Crippen molar-refractivity contribution in [1.82, 2.24) is 0 Å². The molecule has 67 valence electrons. The van der Waals surface area contributed by atoms with E-state index in [1.165, 1.54) is 12.8 Å². The van der Waals surface area contributed by atoms with Gasteiger partial charge in [0, 0.05) is 0 Å². The average molecular weight is 155 g/mol. The Morgan fingerprint density at radius 3 is 1.73 bits per heavy atom. The van der Waals surface area contributed by atoms with Crippen molar-refractivity contribution in [3.63, 3.8) is 0 Å². The minimum atomic E-state index is 0.484. The van der Waals surface area contributed by atoms with Crippen LogP contribution in [0.5, 0.6) is 0 Å². The van der Waals surface area contributed by atoms with E-state index in [9.17, 15) is 0 Å². The zero-order valence-corrected chi connectivity index (χ0v) is 8.99. The fraction of sp³-hybridized carbons (Fsp3) is 0.909. The minimum absolute atomic E-state index is 0.484. The lowest BCUT2D eigenvalue weighted by molar-refractivity contribution is 0.296. The van der Waals surface area contributed by atoms with E-state index in [4.69, 9.17) is 0 Å². The monoisotopic (exact) mass is 155 g/mol. The van der Waals surface area contributed by atoms with Crippen LogP contribution in [0.25, 0.3) is 0 Å². The van der Waals surface area contributed by atoms with E-state index in [0.717, 1.165) is 5.92 Å². The third-order valence-electron chi connectivity index (χ3n) is 2.17. The van der Waals surface area contributed by atoms with Gasteiger partial charge in [-0.25, -0.2) is 0 Å². The molecule has 0 heteroatoms. The second-order valence-corrected chi connectivity index (χ2v) is 4.95. The first-order chi connectivity index (χ1) is 4.87. The predicted octanol–water partition coefficient (Wildman–Crippen LogP) is 4.06. The van der Waals surface area contributed by atoms with Gasteiger partial charge in [0.25, 0.3) is 0 Å². The molecule has 0 saturated heterocycles. The van der Waals surface area contributed by atoms with Crippen LogP contribution in [0.1, 0.15) is 54.4 Å². The maximum Gasteiger partial charge on any atom is -0.0272 e. The van der Waals surface area contributed by atoms with E-state index in [1.54, 1.807) is 5.92 Å². The van der Waals surface area contributed by atoms with Crippen LogP contribution in [0, 0.1) is 17.3 Å². The normalized spacial score (nSPS) is 15.5. The molecule has 0 aliphatic heterocycles. The maximum absolute atomic E-state index is 2.32. The molecule has 0 fully saturated rings. The molecular weight excluding hydrogens is 132 g/mol. The summed E-state index contributed by atoms with van der Waals surface area (Å²) >= 11 is 0. The van der Waals surface area contributed by atoms with Crippen LogP contribution in [0.4, 0.5) is 0 Å². The molecule has 0 aromatic rings. The van der Waals surface area contributed by atoms with Gasteiger partial charge in [-0.3, -0.25) is 0 Å². The van der Waals surface area contributed by atoms with Crippen molar-refractivity contribution >= 4 is 0 Å². The van der Waals surface area contributed by atoms with Crippen molar-refractivity contribution in [3.05, 3.63) is 5.92 Å². The Morgan fingerprint density at radius 2 is 1.64 bits per heavy atom. The summed E-state index contributed by atoms with van der Waals surface area (Å²) in [5, 5.41) is 0. The Labute approximate surface area is 72.4 Å². The third-order valence-corrected chi connectivity index (χ3v) is 2.17. The van der Waals surface area contributed by atoms with Gasteiger partial charge in [0.1, 0.15) is 0 Å². The molecule has 0 aromatic heterocycles. The van der Waals surface area contributed by atoms with Crippen LogP contribution in [0.15, 0.2) is 0 Å². The van der Waals surface area contributed by atoms with Crippen LogP contribution in [0.2, 0.25) is 0 Å². The minimum Gasteiger partial charge on any atom is -0.0651 e. The van der Waals surface area contributed by atoms with Crippen molar-refractivity contribution < 1.29 is 0 Å². The van der Waals surface area contributed by atoms with E-state index >= 15 is 0 Å². The van der Waals surface area contributed by atoms with Gasteiger partial charge >= 0.3 is 0 Å². The highest BCUT2D eigenvalue weighted by atomic mass is 14.2. The summed E-state index contributed by atoms with van der Waals surface area (Å²) in [4.78, 5) is 0. The molecule has 0 rings (SSSR count). The lowest BCUT2D eigenvalue weighted by atomic mass is 9.78. The fourth-order valence-corrected chi connectivity index (χ4v) is 1.50. The SMILES string of the molecule is CCC(CC(C)(C)C)[C](C)C. The lowest BCUT2D eigenvalue weighted by Crippen LogP contribution is -2.15. The Kier molecular flexibility index (Phi) is 4.13. The average Bonchev–Trinajstić information content (AvgIpc) is 1.80. The van der Waals surface area contributed by atoms with E-state index in [2.05, 4.69) is 41.5 Å². The quantitative estimate of drug-likeness (QED) is 0.576. The number of hydrogen-bond acceptors (Lipinski definition) is 0. The summed E-state index contributed by atoms with van der Waals surface area (Å²) < 4.78 is 0. The van der Waals surface area contributed by atoms with Crippen LogP contribution < -0.4 is 0 Å². The van der Waals surface area contributed by atoms with Crippen molar-refractivity contribution in [1.29, 1.82) is 0 Å². The number of hydrogen-bond donors (Lipinski definition) is 0. The molecule has 0 saturated carbocycles. The largest absolute Gasteiger partial charge is 0.0651 e. The first-order valence-corrected chi connectivity index (χ1v) is 4.67. The first kappa shape index (κ1) is 11.0. The van der Waals surface area contributed by atoms with Gasteiger partial charge in [-0.15, -0.1) is 0 Å². The van der Waals surface area contributed by atoms with E-state index < -0.39 is 0 Å². The van der Waals surface area contributed by atoms with Crippen molar-refractivity contribution in [2.24, 2.45) is 11.3 Å². The van der Waals surface area contributed by atoms with Crippen molar-refractivity contribution in [2.75, 3.05) is 0 Å². The second-order valence-electron chi connectivity index (χ2n) is 4.95. The molecule has 1 atom stereocenters. The Bertz CT molecular complexity index is 95.1. The van der Waals surface area contributed by atoms with Gasteiger partial charge in [-0.05, 0) is 23.7 Å². The summed E-state index contributed by atoms with van der Waals surface area (Å²) in [5.74, 6) is 2.41. The zero-order chi connectivity index (χ0) is 9.07. The summed E-state index contributed by atoms with van der Waals surface area (Å²) in [6.07, 6.45) is 2.62. The highest BCUT2D eigenvalue weighted by Gasteiger charge is 2.19. The highest BCUT2D eigenvalue weighted by Crippen LogP contribution is 2.31. The van der Waals surface area contributed by atoms with Crippen LogP contribution in [-0.4, -0.2) is 0 Å². The Balaban J connectivity index is 3.88. The molecule has 0 aliphatic carbocycles. The molecule has 1 unspecified atom stereocenters. The van der Waals surface area contributed by atoms with Gasteiger partial charge in [-0.2, -0.15) is 0 Å². The van der Waals surface area contributed by atoms with Gasteiger partial charge in [0.15, 0.2) is 0 Å². The van der Waals surface area contributed by atoms with Crippen LogP contribution in [0.3, 0.4) is 0 Å². The summed E-state index contributed by atoms with van der Waals surface area (Å²) in [6, 6.07) is 0. The summed E-state index contributed by atoms with van der Waals surface area (Å²) in [7, 11) is 0. The van der Waals surface area contributed by atoms with Gasteiger partial charge in [-0.1, -0.05) is 48.0 Å². The Morgan fingerprint density at radius 1 is 1.18 bits per heavy atom.